The highest BCUT2D eigenvalue weighted by atomic mass is 79.9. The Labute approximate surface area is 138 Å². The minimum absolute atomic E-state index is 0.356. The molecular weight excluding hydrogens is 350 g/mol. The predicted molar refractivity (Wildman–Crippen MR) is 86.7 cm³/mol. The molecule has 120 valence electrons. The number of hydrogen-bond donors (Lipinski definition) is 1. The van der Waals surface area contributed by atoms with E-state index in [0.717, 1.165) is 22.2 Å². The maximum Gasteiger partial charge on any atom is 0.216 e. The third-order valence-electron chi connectivity index (χ3n) is 3.94. The summed E-state index contributed by atoms with van der Waals surface area (Å²) < 4.78 is 12.6. The maximum absolute atomic E-state index is 6.00. The first-order chi connectivity index (χ1) is 10.6. The van der Waals surface area contributed by atoms with E-state index in [9.17, 15) is 0 Å². The maximum atomic E-state index is 6.00. The zero-order valence-electron chi connectivity index (χ0n) is 12.5. The van der Waals surface area contributed by atoms with E-state index in [1.165, 1.54) is 5.06 Å². The van der Waals surface area contributed by atoms with Crippen LogP contribution < -0.4 is 10.5 Å². The minimum atomic E-state index is -0.590. The van der Waals surface area contributed by atoms with Gasteiger partial charge < -0.3 is 15.2 Å². The molecule has 1 unspecified atom stereocenters. The zero-order chi connectivity index (χ0) is 15.6. The van der Waals surface area contributed by atoms with Gasteiger partial charge in [0.25, 0.3) is 0 Å². The van der Waals surface area contributed by atoms with Crippen LogP contribution in [0.4, 0.5) is 0 Å². The van der Waals surface area contributed by atoms with Crippen molar-refractivity contribution in [1.29, 1.82) is 0 Å². The van der Waals surface area contributed by atoms with Gasteiger partial charge in [0.05, 0.1) is 6.61 Å². The van der Waals surface area contributed by atoms with Crippen molar-refractivity contribution >= 4 is 21.9 Å². The lowest BCUT2D eigenvalue weighted by Gasteiger charge is -2.38. The van der Waals surface area contributed by atoms with Crippen molar-refractivity contribution in [2.75, 3.05) is 33.5 Å². The summed E-state index contributed by atoms with van der Waals surface area (Å²) >= 11 is 3.53. The molecule has 0 bridgehead atoms. The summed E-state index contributed by atoms with van der Waals surface area (Å²) in [5, 5.41) is 1.49. The van der Waals surface area contributed by atoms with Crippen molar-refractivity contribution in [3.63, 3.8) is 0 Å². The standard InChI is InChI=1S/C15H20BrN3O3/c1-19-14(17)18-15(10-22-19)5-8-20-6-2-7-21-13-4-3-11(16)9-12(13)15/h3-4,9H,2,5-8,10H2,1H3,(H2,17,18). The monoisotopic (exact) mass is 369 g/mol. The van der Waals surface area contributed by atoms with Crippen LogP contribution in [0.2, 0.25) is 0 Å². The smallest absolute Gasteiger partial charge is 0.216 e. The van der Waals surface area contributed by atoms with Crippen molar-refractivity contribution in [3.8, 4) is 5.75 Å². The van der Waals surface area contributed by atoms with Gasteiger partial charge in [-0.15, -0.1) is 0 Å². The first-order valence-corrected chi connectivity index (χ1v) is 8.13. The van der Waals surface area contributed by atoms with Gasteiger partial charge in [-0.3, -0.25) is 4.84 Å². The summed E-state index contributed by atoms with van der Waals surface area (Å²) in [6.45, 7) is 2.31. The number of hydroxylamine groups is 2. The molecule has 2 aliphatic rings. The molecule has 0 amide bonds. The molecule has 22 heavy (non-hydrogen) atoms. The van der Waals surface area contributed by atoms with Gasteiger partial charge >= 0.3 is 0 Å². The van der Waals surface area contributed by atoms with Crippen molar-refractivity contribution < 1.29 is 14.3 Å². The van der Waals surface area contributed by atoms with Gasteiger partial charge in [0.1, 0.15) is 17.9 Å². The number of hydrogen-bond acceptors (Lipinski definition) is 6. The van der Waals surface area contributed by atoms with E-state index in [0.29, 0.717) is 38.8 Å². The third-order valence-corrected chi connectivity index (χ3v) is 4.43. The first kappa shape index (κ1) is 15.6. The summed E-state index contributed by atoms with van der Waals surface area (Å²) in [6, 6.07) is 5.97. The molecule has 0 radical (unpaired) electrons. The lowest BCUT2D eigenvalue weighted by atomic mass is 9.87. The van der Waals surface area contributed by atoms with Crippen LogP contribution in [0.5, 0.6) is 5.75 Å². The summed E-state index contributed by atoms with van der Waals surface area (Å²) in [5.74, 6) is 1.18. The third kappa shape index (κ3) is 3.06. The predicted octanol–water partition coefficient (Wildman–Crippen LogP) is 2.03. The summed E-state index contributed by atoms with van der Waals surface area (Å²) in [5.41, 5.74) is 6.38. The van der Waals surface area contributed by atoms with Crippen LogP contribution in [-0.4, -0.2) is 44.5 Å². The molecule has 2 N–H and O–H groups in total. The highest BCUT2D eigenvalue weighted by Gasteiger charge is 2.39. The lowest BCUT2D eigenvalue weighted by Crippen LogP contribution is -2.47. The topological polar surface area (TPSA) is 69.3 Å². The van der Waals surface area contributed by atoms with Gasteiger partial charge in [0.15, 0.2) is 0 Å². The van der Waals surface area contributed by atoms with Crippen molar-refractivity contribution in [1.82, 2.24) is 5.06 Å². The van der Waals surface area contributed by atoms with Crippen LogP contribution in [0.25, 0.3) is 0 Å². The quantitative estimate of drug-likeness (QED) is 0.757. The molecule has 1 aromatic rings. The van der Waals surface area contributed by atoms with E-state index in [1.807, 2.05) is 18.2 Å². The molecule has 3 rings (SSSR count). The Hall–Kier alpha value is -1.31. The van der Waals surface area contributed by atoms with Gasteiger partial charge in [-0.05, 0) is 18.2 Å². The van der Waals surface area contributed by atoms with Gasteiger partial charge in [-0.2, -0.15) is 0 Å². The molecule has 1 spiro atoms. The normalized spacial score (nSPS) is 26.1. The average molecular weight is 370 g/mol. The highest BCUT2D eigenvalue weighted by Crippen LogP contribution is 2.40. The number of rotatable bonds is 0. The first-order valence-electron chi connectivity index (χ1n) is 7.33. The number of guanidine groups is 1. The molecule has 6 nitrogen and oxygen atoms in total. The highest BCUT2D eigenvalue weighted by molar-refractivity contribution is 9.10. The molecular formula is C15H20BrN3O3. The van der Waals surface area contributed by atoms with E-state index in [-0.39, 0.29) is 0 Å². The van der Waals surface area contributed by atoms with Crippen LogP contribution in [0, 0.1) is 0 Å². The summed E-state index contributed by atoms with van der Waals surface area (Å²) in [6.07, 6.45) is 1.56. The van der Waals surface area contributed by atoms with Gasteiger partial charge in [-0.1, -0.05) is 15.9 Å². The Kier molecular flexibility index (Phi) is 4.56. The SMILES string of the molecule is CN1OCC2(CCOCCCOc3ccc(Br)cc32)N=C1N. The zero-order valence-corrected chi connectivity index (χ0v) is 14.1. The Bertz CT molecular complexity index is 581. The second-order valence-corrected chi connectivity index (χ2v) is 6.39. The Morgan fingerprint density at radius 3 is 3.00 bits per heavy atom. The minimum Gasteiger partial charge on any atom is -0.493 e. The Balaban J connectivity index is 2.09. The Morgan fingerprint density at radius 1 is 1.32 bits per heavy atom. The van der Waals surface area contributed by atoms with Gasteiger partial charge in [0.2, 0.25) is 5.96 Å². The Morgan fingerprint density at radius 2 is 2.18 bits per heavy atom. The van der Waals surface area contributed by atoms with Crippen LogP contribution in [-0.2, 0) is 15.1 Å². The molecule has 2 heterocycles. The number of halogens is 1. The molecule has 0 saturated carbocycles. The number of ether oxygens (including phenoxy) is 2. The molecule has 7 heteroatoms. The summed E-state index contributed by atoms with van der Waals surface area (Å²) in [7, 11) is 1.75. The molecule has 2 aliphatic heterocycles. The van der Waals surface area contributed by atoms with E-state index in [4.69, 9.17) is 25.0 Å². The fraction of sp³-hybridized carbons (Fsp3) is 0.533. The van der Waals surface area contributed by atoms with E-state index >= 15 is 0 Å². The second-order valence-electron chi connectivity index (χ2n) is 5.48. The summed E-state index contributed by atoms with van der Waals surface area (Å²) in [4.78, 5) is 10.4. The van der Waals surface area contributed by atoms with Gasteiger partial charge in [0, 0.05) is 43.1 Å². The molecule has 0 fully saturated rings. The molecule has 0 aromatic heterocycles. The fourth-order valence-corrected chi connectivity index (χ4v) is 3.03. The van der Waals surface area contributed by atoms with Crippen molar-refractivity contribution in [3.05, 3.63) is 28.2 Å². The number of aliphatic imine (C=N–C) groups is 1. The molecule has 0 saturated heterocycles. The number of nitrogens with two attached hydrogens (primary N) is 1. The van der Waals surface area contributed by atoms with E-state index in [2.05, 4.69) is 15.9 Å². The van der Waals surface area contributed by atoms with E-state index < -0.39 is 5.54 Å². The van der Waals surface area contributed by atoms with Crippen LogP contribution in [0.3, 0.4) is 0 Å². The molecule has 0 aliphatic carbocycles. The fourth-order valence-electron chi connectivity index (χ4n) is 2.67. The number of nitrogens with zero attached hydrogens (tertiary/aromatic N) is 2. The van der Waals surface area contributed by atoms with Crippen LogP contribution in [0.1, 0.15) is 18.4 Å². The lowest BCUT2D eigenvalue weighted by molar-refractivity contribution is -0.120. The number of fused-ring (bicyclic) bond motifs is 2. The van der Waals surface area contributed by atoms with E-state index in [1.54, 1.807) is 7.05 Å². The molecule has 1 aromatic carbocycles. The second kappa shape index (κ2) is 6.44. The molecule has 1 atom stereocenters. The van der Waals surface area contributed by atoms with Crippen molar-refractivity contribution in [2.45, 2.75) is 18.4 Å². The van der Waals surface area contributed by atoms with Gasteiger partial charge in [-0.25, -0.2) is 10.1 Å². The van der Waals surface area contributed by atoms with Crippen molar-refractivity contribution in [2.24, 2.45) is 10.7 Å². The van der Waals surface area contributed by atoms with Crippen LogP contribution in [0.15, 0.2) is 27.7 Å². The largest absolute Gasteiger partial charge is 0.493 e. The number of benzene rings is 1. The average Bonchev–Trinajstić information content (AvgIpc) is 2.51. The van der Waals surface area contributed by atoms with Crippen LogP contribution >= 0.6 is 15.9 Å².